The molecule has 48 valence electrons. The van der Waals surface area contributed by atoms with Crippen molar-refractivity contribution in [2.24, 2.45) is 5.29 Å². The zero-order chi connectivity index (χ0) is 6.57. The molecule has 0 aromatic carbocycles. The second-order valence-electron chi connectivity index (χ2n) is 1.80. The average Bonchev–Trinajstić information content (AvgIpc) is 1.65. The lowest BCUT2D eigenvalue weighted by Crippen LogP contribution is -2.95. The molecule has 0 aromatic heterocycles. The molecule has 5 heteroatoms. The fourth-order valence-corrected chi connectivity index (χ4v) is 0.294. The Balaban J connectivity index is 3.23. The minimum absolute atomic E-state index is 0.137. The van der Waals surface area contributed by atoms with Crippen molar-refractivity contribution in [3.63, 3.8) is 0 Å². The Morgan fingerprint density at radius 1 is 1.75 bits per heavy atom. The molecule has 8 heavy (non-hydrogen) atoms. The first-order valence-electron chi connectivity index (χ1n) is 2.33. The molecule has 0 bridgehead atoms. The van der Waals surface area contributed by atoms with E-state index in [1.165, 1.54) is 5.43 Å². The van der Waals surface area contributed by atoms with Gasteiger partial charge in [0.2, 0.25) is 0 Å². The first-order valence-corrected chi connectivity index (χ1v) is 2.33. The fourth-order valence-electron chi connectivity index (χ4n) is 0.294. The van der Waals surface area contributed by atoms with E-state index in [0.29, 0.717) is 0 Å². The Kier molecular flexibility index (Phi) is 3.05. The molecule has 0 heterocycles. The van der Waals surface area contributed by atoms with Gasteiger partial charge >= 0.3 is 0 Å². The van der Waals surface area contributed by atoms with Crippen molar-refractivity contribution in [2.45, 2.75) is 19.9 Å². The van der Waals surface area contributed by atoms with Crippen molar-refractivity contribution in [3.05, 3.63) is 4.91 Å². The number of nitrogens with two attached hydrogens (primary N) is 1. The fraction of sp³-hybridized carbons (Fsp3) is 1.00. The third-order valence-electron chi connectivity index (χ3n) is 0.515. The van der Waals surface area contributed by atoms with Gasteiger partial charge in [-0.3, -0.25) is 0 Å². The molecule has 0 atom stereocenters. The summed E-state index contributed by atoms with van der Waals surface area (Å²) in [5.41, 5.74) is 1.30. The van der Waals surface area contributed by atoms with Crippen LogP contribution >= 0.6 is 0 Å². The predicted molar refractivity (Wildman–Crippen MR) is 26.5 cm³/mol. The molecular weight excluding hydrogens is 110 g/mol. The van der Waals surface area contributed by atoms with Gasteiger partial charge in [0.05, 0.1) is 0 Å². The van der Waals surface area contributed by atoms with E-state index in [1.54, 1.807) is 0 Å². The van der Waals surface area contributed by atoms with E-state index in [4.69, 9.17) is 5.21 Å². The van der Waals surface area contributed by atoms with Gasteiger partial charge in [-0.1, -0.05) is 0 Å². The highest BCUT2D eigenvalue weighted by molar-refractivity contribution is 4.21. The SMILES string of the molecule is CC(C)[NH2+]N(O)N=O. The zero-order valence-electron chi connectivity index (χ0n) is 4.90. The Bertz CT molecular complexity index is 74.9. The Hall–Kier alpha value is -0.680. The molecule has 0 rings (SSSR count). The van der Waals surface area contributed by atoms with Crippen LogP contribution in [0.5, 0.6) is 0 Å². The third kappa shape index (κ3) is 3.51. The van der Waals surface area contributed by atoms with Gasteiger partial charge in [-0.2, -0.15) is 5.43 Å². The highest BCUT2D eigenvalue weighted by Crippen LogP contribution is 1.65. The van der Waals surface area contributed by atoms with Crippen LogP contribution in [0.4, 0.5) is 0 Å². The van der Waals surface area contributed by atoms with Crippen LogP contribution in [0.1, 0.15) is 13.8 Å². The summed E-state index contributed by atoms with van der Waals surface area (Å²) in [6, 6.07) is 0.137. The van der Waals surface area contributed by atoms with Gasteiger partial charge in [0.15, 0.2) is 0 Å². The van der Waals surface area contributed by atoms with E-state index in [-0.39, 0.29) is 11.3 Å². The summed E-state index contributed by atoms with van der Waals surface area (Å²) in [5, 5.41) is 10.8. The number of nitroso groups, excluding NO2 is 1. The van der Waals surface area contributed by atoms with Crippen molar-refractivity contribution in [1.29, 1.82) is 0 Å². The second-order valence-corrected chi connectivity index (χ2v) is 1.80. The summed E-state index contributed by atoms with van der Waals surface area (Å²) < 4.78 is 0. The first kappa shape index (κ1) is 7.32. The lowest BCUT2D eigenvalue weighted by Gasteiger charge is -2.04. The van der Waals surface area contributed by atoms with Crippen LogP contribution in [-0.2, 0) is 0 Å². The van der Waals surface area contributed by atoms with Crippen LogP contribution in [0.2, 0.25) is 0 Å². The van der Waals surface area contributed by atoms with E-state index >= 15 is 0 Å². The number of hydrogen-bond acceptors (Lipinski definition) is 3. The normalized spacial score (nSPS) is 9.50. The van der Waals surface area contributed by atoms with Crippen LogP contribution in [0.3, 0.4) is 0 Å². The molecule has 5 nitrogen and oxygen atoms in total. The zero-order valence-corrected chi connectivity index (χ0v) is 4.90. The Morgan fingerprint density at radius 2 is 2.25 bits per heavy atom. The maximum Gasteiger partial charge on any atom is 0.131 e. The Morgan fingerprint density at radius 3 is 2.38 bits per heavy atom. The molecule has 0 aromatic rings. The maximum absolute atomic E-state index is 9.44. The van der Waals surface area contributed by atoms with Crippen molar-refractivity contribution in [2.75, 3.05) is 0 Å². The van der Waals surface area contributed by atoms with Crippen LogP contribution in [-0.4, -0.2) is 16.5 Å². The van der Waals surface area contributed by atoms with Crippen LogP contribution < -0.4 is 5.43 Å². The summed E-state index contributed by atoms with van der Waals surface area (Å²) in [6.45, 7) is 3.66. The van der Waals surface area contributed by atoms with Crippen molar-refractivity contribution < 1.29 is 10.6 Å². The smallest absolute Gasteiger partial charge is 0.131 e. The van der Waals surface area contributed by atoms with E-state index in [2.05, 4.69) is 5.29 Å². The van der Waals surface area contributed by atoms with Crippen molar-refractivity contribution in [1.82, 2.24) is 5.28 Å². The summed E-state index contributed by atoms with van der Waals surface area (Å²) >= 11 is 0. The molecule has 0 saturated heterocycles. The lowest BCUT2D eigenvalue weighted by molar-refractivity contribution is -0.880. The summed E-state index contributed by atoms with van der Waals surface area (Å²) in [5.74, 6) is 0. The molecule has 0 saturated carbocycles. The Labute approximate surface area is 47.2 Å². The van der Waals surface area contributed by atoms with Gasteiger partial charge in [-0.05, 0) is 13.8 Å². The summed E-state index contributed by atoms with van der Waals surface area (Å²) in [6.07, 6.45) is 0. The number of hydrogen-bond donors (Lipinski definition) is 2. The molecule has 0 aliphatic heterocycles. The summed E-state index contributed by atoms with van der Waals surface area (Å²) in [4.78, 5) is 9.44. The molecule has 0 aliphatic carbocycles. The van der Waals surface area contributed by atoms with Crippen molar-refractivity contribution >= 4 is 0 Å². The van der Waals surface area contributed by atoms with E-state index in [9.17, 15) is 4.91 Å². The van der Waals surface area contributed by atoms with Crippen LogP contribution in [0.15, 0.2) is 5.29 Å². The largest absolute Gasteiger partial charge is 0.225 e. The quantitative estimate of drug-likeness (QED) is 0.292. The summed E-state index contributed by atoms with van der Waals surface area (Å²) in [7, 11) is 0. The van der Waals surface area contributed by atoms with Crippen LogP contribution in [0.25, 0.3) is 0 Å². The minimum atomic E-state index is 0.137. The average molecular weight is 120 g/mol. The molecule has 0 aliphatic rings. The molecule has 0 amide bonds. The van der Waals surface area contributed by atoms with Gasteiger partial charge in [0.1, 0.15) is 11.3 Å². The topological polar surface area (TPSA) is 69.5 Å². The second kappa shape index (κ2) is 3.34. The molecule has 3 N–H and O–H groups in total. The number of rotatable bonds is 3. The minimum Gasteiger partial charge on any atom is -0.225 e. The molecule has 0 spiro atoms. The molecule has 0 unspecified atom stereocenters. The third-order valence-corrected chi connectivity index (χ3v) is 0.515. The predicted octanol–water partition coefficient (Wildman–Crippen LogP) is -0.754. The maximum atomic E-state index is 9.44. The monoisotopic (exact) mass is 120 g/mol. The van der Waals surface area contributed by atoms with E-state index < -0.39 is 0 Å². The highest BCUT2D eigenvalue weighted by atomic mass is 16.6. The molecule has 0 radical (unpaired) electrons. The van der Waals surface area contributed by atoms with Crippen LogP contribution in [0, 0.1) is 4.91 Å². The molecule has 0 fully saturated rings. The van der Waals surface area contributed by atoms with Crippen molar-refractivity contribution in [3.8, 4) is 0 Å². The van der Waals surface area contributed by atoms with Gasteiger partial charge < -0.3 is 0 Å². The van der Waals surface area contributed by atoms with E-state index in [0.717, 1.165) is 0 Å². The molecular formula is C3H10N3O2+. The number of nitrogens with zero attached hydrogens (tertiary/aromatic N) is 2. The highest BCUT2D eigenvalue weighted by Gasteiger charge is 2.01. The van der Waals surface area contributed by atoms with Gasteiger partial charge in [0, 0.05) is 5.28 Å². The van der Waals surface area contributed by atoms with Gasteiger partial charge in [0.25, 0.3) is 0 Å². The standard InChI is InChI=1S/C3H9N3O2/c1-3(2)4-6(8)5-7/h3-4,8H,1-2H3/p+1. The van der Waals surface area contributed by atoms with Gasteiger partial charge in [-0.15, -0.1) is 4.91 Å². The number of quaternary nitrogens is 1. The van der Waals surface area contributed by atoms with E-state index in [1.807, 2.05) is 13.8 Å². The van der Waals surface area contributed by atoms with Gasteiger partial charge in [-0.25, -0.2) is 5.21 Å². The first-order chi connectivity index (χ1) is 3.66. The lowest BCUT2D eigenvalue weighted by atomic mass is 10.4.